The minimum Gasteiger partial charge on any atom is -0.494 e. The van der Waals surface area contributed by atoms with Gasteiger partial charge in [-0.25, -0.2) is 4.79 Å². The summed E-state index contributed by atoms with van der Waals surface area (Å²) in [7, 11) is 0. The first-order chi connectivity index (χ1) is 19.7. The molecule has 224 valence electrons. The lowest BCUT2D eigenvalue weighted by Crippen LogP contribution is -2.46. The average Bonchev–Trinajstić information content (AvgIpc) is 2.95. The first-order valence-corrected chi connectivity index (χ1v) is 13.6. The molecule has 0 saturated carbocycles. The summed E-state index contributed by atoms with van der Waals surface area (Å²) in [5.41, 5.74) is 8.21. The van der Waals surface area contributed by atoms with Crippen LogP contribution in [0.25, 0.3) is 0 Å². The van der Waals surface area contributed by atoms with Crippen LogP contribution in [0.4, 0.5) is 10.5 Å². The largest absolute Gasteiger partial charge is 0.494 e. The number of carbonyl (C=O) groups is 2. The van der Waals surface area contributed by atoms with E-state index in [1.165, 1.54) is 4.90 Å². The van der Waals surface area contributed by atoms with Crippen LogP contribution in [0.2, 0.25) is 0 Å². The molecule has 2 aromatic carbocycles. The van der Waals surface area contributed by atoms with Crippen molar-refractivity contribution in [3.05, 3.63) is 59.7 Å². The zero-order valence-electron chi connectivity index (χ0n) is 24.1. The Morgan fingerprint density at radius 2 is 1.44 bits per heavy atom. The number of amides is 1. The average molecular weight is 573 g/mol. The molecular weight excluding hydrogens is 530 g/mol. The number of carboxylic acid groups (broad SMARTS) is 1. The maximum absolute atomic E-state index is 12.8. The molecule has 0 heterocycles. The van der Waals surface area contributed by atoms with Crippen molar-refractivity contribution in [2.24, 2.45) is 5.11 Å². The van der Waals surface area contributed by atoms with Crippen LogP contribution in [-0.4, -0.2) is 93.3 Å². The van der Waals surface area contributed by atoms with Crippen molar-refractivity contribution < 1.29 is 33.6 Å². The molecule has 0 fully saturated rings. The zero-order valence-corrected chi connectivity index (χ0v) is 24.1. The van der Waals surface area contributed by atoms with Crippen molar-refractivity contribution in [1.29, 1.82) is 5.53 Å². The van der Waals surface area contributed by atoms with E-state index in [2.05, 4.69) is 15.3 Å². The fourth-order valence-corrected chi connectivity index (χ4v) is 3.67. The third kappa shape index (κ3) is 13.4. The number of nitrogens with zero attached hydrogens (tertiary/aromatic N) is 3. The number of ether oxygens (including phenoxy) is 4. The summed E-state index contributed by atoms with van der Waals surface area (Å²) in [6.45, 7) is 9.88. The van der Waals surface area contributed by atoms with E-state index in [-0.39, 0.29) is 5.78 Å². The monoisotopic (exact) mass is 572 g/mol. The molecule has 41 heavy (non-hydrogen) atoms. The van der Waals surface area contributed by atoms with Gasteiger partial charge in [0.05, 0.1) is 46.2 Å². The van der Waals surface area contributed by atoms with Crippen LogP contribution in [0.5, 0.6) is 5.75 Å². The molecular formula is C29H42N5O7+. The highest BCUT2D eigenvalue weighted by Gasteiger charge is 2.25. The summed E-state index contributed by atoms with van der Waals surface area (Å²) in [6, 6.07) is 14.3. The van der Waals surface area contributed by atoms with Gasteiger partial charge in [-0.3, -0.25) is 4.79 Å². The molecule has 12 nitrogen and oxygen atoms in total. The Kier molecular flexibility index (Phi) is 15.1. The molecule has 0 aliphatic rings. The van der Waals surface area contributed by atoms with Gasteiger partial charge < -0.3 is 34.3 Å². The Morgan fingerprint density at radius 3 is 2.00 bits per heavy atom. The van der Waals surface area contributed by atoms with Gasteiger partial charge in [-0.05, 0) is 69.3 Å². The number of hydrogen-bond donors (Lipinski definition) is 3. The number of anilines is 1. The molecule has 0 radical (unpaired) electrons. The van der Waals surface area contributed by atoms with Crippen LogP contribution in [0.15, 0.2) is 53.6 Å². The van der Waals surface area contributed by atoms with E-state index in [0.29, 0.717) is 89.2 Å². The number of benzene rings is 2. The van der Waals surface area contributed by atoms with Gasteiger partial charge in [0.25, 0.3) is 0 Å². The van der Waals surface area contributed by atoms with E-state index in [4.69, 9.17) is 24.5 Å². The number of hydrogen-bond acceptors (Lipinski definition) is 9. The number of carbonyl (C=O) groups excluding carboxylic acids is 1. The van der Waals surface area contributed by atoms with Gasteiger partial charge in [0, 0.05) is 41.9 Å². The molecule has 0 aliphatic heterocycles. The quantitative estimate of drug-likeness (QED) is 0.0907. The molecule has 2 rings (SSSR count). The molecule has 0 atom stereocenters. The van der Waals surface area contributed by atoms with Crippen LogP contribution < -0.4 is 15.0 Å². The molecule has 0 unspecified atom stereocenters. The van der Waals surface area contributed by atoms with Crippen molar-refractivity contribution >= 4 is 17.6 Å². The highest BCUT2D eigenvalue weighted by molar-refractivity contribution is 6.09. The summed E-state index contributed by atoms with van der Waals surface area (Å²) in [5, 5.41) is 16.1. The molecule has 0 spiro atoms. The van der Waals surface area contributed by atoms with Gasteiger partial charge in [0.1, 0.15) is 22.9 Å². The van der Waals surface area contributed by atoms with E-state index >= 15 is 0 Å². The van der Waals surface area contributed by atoms with Gasteiger partial charge in [0.2, 0.25) is 4.91 Å². The summed E-state index contributed by atoms with van der Waals surface area (Å²) in [5.74, 6) is 0.601. The summed E-state index contributed by atoms with van der Waals surface area (Å²) >= 11 is 0. The van der Waals surface area contributed by atoms with Crippen LogP contribution in [-0.2, 0) is 14.2 Å². The van der Waals surface area contributed by atoms with Gasteiger partial charge in [-0.15, -0.1) is 0 Å². The molecule has 0 aliphatic carbocycles. The minimum atomic E-state index is -0.959. The Morgan fingerprint density at radius 1 is 0.878 bits per heavy atom. The van der Waals surface area contributed by atoms with E-state index in [9.17, 15) is 14.7 Å². The summed E-state index contributed by atoms with van der Waals surface area (Å²) in [6.07, 6.45) is -0.295. The highest BCUT2D eigenvalue weighted by Crippen LogP contribution is 2.17. The zero-order chi connectivity index (χ0) is 29.9. The van der Waals surface area contributed by atoms with Crippen LogP contribution >= 0.6 is 0 Å². The second kappa shape index (κ2) is 18.5. The number of nitrogens with one attached hydrogen (secondary N) is 2. The Hall–Kier alpha value is -3.83. The van der Waals surface area contributed by atoms with Crippen LogP contribution in [0.3, 0.4) is 0 Å². The van der Waals surface area contributed by atoms with Gasteiger partial charge in [0.15, 0.2) is 5.78 Å². The molecule has 0 saturated heterocycles. The molecule has 0 aromatic heterocycles. The normalized spacial score (nSPS) is 11.0. The summed E-state index contributed by atoms with van der Waals surface area (Å²) in [4.78, 5) is 28.4. The smallest absolute Gasteiger partial charge is 0.407 e. The molecule has 2 aromatic rings. The fourth-order valence-electron chi connectivity index (χ4n) is 3.67. The van der Waals surface area contributed by atoms with Gasteiger partial charge in [-0.1, -0.05) is 0 Å². The first-order valence-electron chi connectivity index (χ1n) is 13.6. The fraction of sp³-hybridized carbons (Fsp3) is 0.517. The van der Waals surface area contributed by atoms with Crippen molar-refractivity contribution in [3.8, 4) is 5.75 Å². The lowest BCUT2D eigenvalue weighted by atomic mass is 10.0. The van der Waals surface area contributed by atoms with E-state index in [0.717, 1.165) is 5.69 Å². The lowest BCUT2D eigenvalue weighted by Gasteiger charge is -2.32. The van der Waals surface area contributed by atoms with Crippen molar-refractivity contribution in [1.82, 2.24) is 9.81 Å². The standard InChI is InChI=1S/C29H41N5O7/c1-29(2,3)34(28(36)37)15-18-39-20-22-40-21-19-38-17-14-31-25-9-5-23(6-10-25)27(35)24-7-11-26(12-8-24)41-16-4-13-32-33-30/h5-12,30H,4,13-22H2,1-3H3,(H-,31,35,36,37)/p+1. The Balaban J connectivity index is 1.54. The predicted molar refractivity (Wildman–Crippen MR) is 154 cm³/mol. The maximum Gasteiger partial charge on any atom is 0.407 e. The van der Waals surface area contributed by atoms with E-state index in [1.807, 2.05) is 32.9 Å². The maximum atomic E-state index is 12.8. The van der Waals surface area contributed by atoms with Crippen molar-refractivity contribution in [3.63, 3.8) is 0 Å². The summed E-state index contributed by atoms with van der Waals surface area (Å²) < 4.78 is 22.1. The molecule has 1 amide bonds. The second-order valence-electron chi connectivity index (χ2n) is 9.97. The SMILES string of the molecule is CC(C)(C)N(CCOCCOCCOCCNc1ccc(C(=O)c2ccc(OCCCN=[N+]=N)cc2)cc1)C(=O)O. The molecule has 3 N–H and O–H groups in total. The topological polar surface area (TPSA) is 157 Å². The van der Waals surface area contributed by atoms with E-state index in [1.54, 1.807) is 36.4 Å². The van der Waals surface area contributed by atoms with Crippen LogP contribution in [0.1, 0.15) is 43.1 Å². The second-order valence-corrected chi connectivity index (χ2v) is 9.97. The van der Waals surface area contributed by atoms with Gasteiger partial charge in [-0.2, -0.15) is 0 Å². The highest BCUT2D eigenvalue weighted by atomic mass is 16.5. The van der Waals surface area contributed by atoms with E-state index < -0.39 is 11.6 Å². The third-order valence-corrected chi connectivity index (χ3v) is 5.82. The van der Waals surface area contributed by atoms with Crippen LogP contribution in [0, 0.1) is 5.53 Å². The number of ketones is 1. The predicted octanol–water partition coefficient (Wildman–Crippen LogP) is 4.48. The van der Waals surface area contributed by atoms with Crippen molar-refractivity contribution in [2.75, 3.05) is 71.2 Å². The first kappa shape index (κ1) is 33.4. The minimum absolute atomic E-state index is 0.0696. The van der Waals surface area contributed by atoms with Gasteiger partial charge >= 0.3 is 6.09 Å². The third-order valence-electron chi connectivity index (χ3n) is 5.82. The van der Waals surface area contributed by atoms with Crippen molar-refractivity contribution in [2.45, 2.75) is 32.7 Å². The lowest BCUT2D eigenvalue weighted by molar-refractivity contribution is 0.00767. The Labute approximate surface area is 241 Å². The molecule has 0 bridgehead atoms. The number of rotatable bonds is 20. The molecule has 12 heteroatoms. The Bertz CT molecular complexity index is 1100.